The first-order valence-corrected chi connectivity index (χ1v) is 6.68. The highest BCUT2D eigenvalue weighted by Gasteiger charge is 2.13. The highest BCUT2D eigenvalue weighted by Crippen LogP contribution is 2.29. The average molecular weight is 305 g/mol. The van der Waals surface area contributed by atoms with E-state index in [4.69, 9.17) is 16.3 Å². The molecule has 2 aromatic rings. The average Bonchev–Trinajstić information content (AvgIpc) is 2.43. The second-order valence-corrected chi connectivity index (χ2v) is 5.02. The highest BCUT2D eigenvalue weighted by molar-refractivity contribution is 6.32. The molecule has 1 unspecified atom stereocenters. The van der Waals surface area contributed by atoms with Gasteiger partial charge in [-0.05, 0) is 48.4 Å². The normalized spacial score (nSPS) is 11.6. The molecule has 0 aliphatic rings. The molecule has 1 N–H and O–H groups in total. The van der Waals surface area contributed by atoms with Crippen molar-refractivity contribution in [1.82, 2.24) is 0 Å². The molecule has 5 heteroatoms. The van der Waals surface area contributed by atoms with Crippen LogP contribution >= 0.6 is 11.6 Å². The minimum absolute atomic E-state index is 0.345. The van der Waals surface area contributed by atoms with Crippen LogP contribution in [0.15, 0.2) is 36.4 Å². The number of methoxy groups -OCH3 is 1. The number of aryl methyl sites for hydroxylation is 1. The van der Waals surface area contributed by atoms with Crippen molar-refractivity contribution in [3.05, 3.63) is 58.4 Å². The van der Waals surface area contributed by atoms with Gasteiger partial charge in [-0.15, -0.1) is 0 Å². The van der Waals surface area contributed by atoms with Crippen molar-refractivity contribution in [2.45, 2.75) is 13.0 Å². The maximum absolute atomic E-state index is 13.4. The summed E-state index contributed by atoms with van der Waals surface area (Å²) >= 11 is 6.06. The van der Waals surface area contributed by atoms with Gasteiger partial charge in [0.05, 0.1) is 18.2 Å². The second-order valence-electron chi connectivity index (χ2n) is 4.62. The summed E-state index contributed by atoms with van der Waals surface area (Å²) in [7, 11) is 1.52. The van der Waals surface area contributed by atoms with Gasteiger partial charge in [0.15, 0.2) is 0 Å². The number of rotatable bonds is 4. The molecule has 0 fully saturated rings. The van der Waals surface area contributed by atoms with Crippen molar-refractivity contribution in [2.75, 3.05) is 12.4 Å². The van der Waals surface area contributed by atoms with Crippen molar-refractivity contribution < 1.29 is 9.13 Å². The van der Waals surface area contributed by atoms with Gasteiger partial charge >= 0.3 is 0 Å². The van der Waals surface area contributed by atoms with Crippen LogP contribution in [0, 0.1) is 24.1 Å². The Morgan fingerprint density at radius 3 is 2.62 bits per heavy atom. The van der Waals surface area contributed by atoms with Gasteiger partial charge in [0.2, 0.25) is 0 Å². The first kappa shape index (κ1) is 15.1. The molecule has 2 rings (SSSR count). The fourth-order valence-corrected chi connectivity index (χ4v) is 2.30. The van der Waals surface area contributed by atoms with Crippen molar-refractivity contribution in [1.29, 1.82) is 5.26 Å². The van der Waals surface area contributed by atoms with E-state index in [2.05, 4.69) is 11.4 Å². The molecule has 0 amide bonds. The van der Waals surface area contributed by atoms with Gasteiger partial charge in [0.25, 0.3) is 0 Å². The zero-order valence-electron chi connectivity index (χ0n) is 11.7. The van der Waals surface area contributed by atoms with Gasteiger partial charge < -0.3 is 10.1 Å². The van der Waals surface area contributed by atoms with E-state index in [-0.39, 0.29) is 5.82 Å². The lowest BCUT2D eigenvalue weighted by Crippen LogP contribution is -2.09. The number of halogens is 2. The number of benzene rings is 2. The van der Waals surface area contributed by atoms with Crippen LogP contribution in [0.2, 0.25) is 5.02 Å². The maximum atomic E-state index is 13.4. The van der Waals surface area contributed by atoms with Crippen LogP contribution in [0.1, 0.15) is 17.2 Å². The zero-order chi connectivity index (χ0) is 15.4. The van der Waals surface area contributed by atoms with Gasteiger partial charge in [-0.1, -0.05) is 17.7 Å². The third kappa shape index (κ3) is 3.65. The van der Waals surface area contributed by atoms with Gasteiger partial charge in [-0.25, -0.2) is 4.39 Å². The van der Waals surface area contributed by atoms with Gasteiger partial charge in [0, 0.05) is 5.69 Å². The Hall–Kier alpha value is -2.25. The molecule has 0 spiro atoms. The molecule has 0 aromatic heterocycles. The molecule has 108 valence electrons. The van der Waals surface area contributed by atoms with Gasteiger partial charge in [0.1, 0.15) is 17.6 Å². The van der Waals surface area contributed by atoms with Crippen molar-refractivity contribution >= 4 is 17.3 Å². The molecule has 0 radical (unpaired) electrons. The van der Waals surface area contributed by atoms with Crippen LogP contribution in [0.5, 0.6) is 5.75 Å². The summed E-state index contributed by atoms with van der Waals surface area (Å²) in [6, 6.07) is 11.2. The number of nitriles is 1. The van der Waals surface area contributed by atoms with Gasteiger partial charge in [-0.2, -0.15) is 5.26 Å². The molecule has 0 bridgehead atoms. The Morgan fingerprint density at radius 1 is 1.29 bits per heavy atom. The molecule has 0 heterocycles. The largest absolute Gasteiger partial charge is 0.495 e. The van der Waals surface area contributed by atoms with E-state index in [1.54, 1.807) is 31.2 Å². The van der Waals surface area contributed by atoms with E-state index in [0.717, 1.165) is 5.56 Å². The molecule has 0 saturated heterocycles. The summed E-state index contributed by atoms with van der Waals surface area (Å²) in [5.41, 5.74) is 2.01. The van der Waals surface area contributed by atoms with E-state index in [0.29, 0.717) is 22.0 Å². The second kappa shape index (κ2) is 6.47. The molecular weight excluding hydrogens is 291 g/mol. The fourth-order valence-electron chi connectivity index (χ4n) is 2.04. The Kier molecular flexibility index (Phi) is 4.66. The Morgan fingerprint density at radius 2 is 2.05 bits per heavy atom. The minimum Gasteiger partial charge on any atom is -0.495 e. The lowest BCUT2D eigenvalue weighted by atomic mass is 10.1. The molecule has 3 nitrogen and oxygen atoms in total. The molecule has 0 saturated carbocycles. The smallest absolute Gasteiger partial charge is 0.140 e. The van der Waals surface area contributed by atoms with Crippen LogP contribution in [0.3, 0.4) is 0 Å². The Balaban J connectivity index is 2.28. The summed E-state index contributed by atoms with van der Waals surface area (Å²) in [4.78, 5) is 0. The predicted octanol–water partition coefficient (Wildman–Crippen LogP) is 4.47. The van der Waals surface area contributed by atoms with Crippen molar-refractivity contribution in [3.8, 4) is 11.8 Å². The summed E-state index contributed by atoms with van der Waals surface area (Å²) in [5, 5.41) is 12.7. The SMILES string of the molecule is COc1ccc(C(C#N)Nc2cc(C)cc(F)c2)cc1Cl. The number of hydrogen-bond donors (Lipinski definition) is 1. The van der Waals surface area contributed by atoms with E-state index in [1.807, 2.05) is 0 Å². The summed E-state index contributed by atoms with van der Waals surface area (Å²) in [6.45, 7) is 1.79. The molecule has 0 aliphatic heterocycles. The van der Waals surface area contributed by atoms with E-state index in [1.165, 1.54) is 19.2 Å². The lowest BCUT2D eigenvalue weighted by molar-refractivity contribution is 0.415. The Labute approximate surface area is 127 Å². The van der Waals surface area contributed by atoms with Gasteiger partial charge in [-0.3, -0.25) is 0 Å². The topological polar surface area (TPSA) is 45.0 Å². The number of nitrogens with zero attached hydrogens (tertiary/aromatic N) is 1. The number of anilines is 1. The highest BCUT2D eigenvalue weighted by atomic mass is 35.5. The third-order valence-electron chi connectivity index (χ3n) is 2.99. The quantitative estimate of drug-likeness (QED) is 0.906. The summed E-state index contributed by atoms with van der Waals surface area (Å²) < 4.78 is 18.5. The standard InChI is InChI=1S/C16H14ClFN2O/c1-10-5-12(18)8-13(6-10)20-15(9-19)11-3-4-16(21-2)14(17)7-11/h3-8,15,20H,1-2H3. The number of ether oxygens (including phenoxy) is 1. The van der Waals surface area contributed by atoms with Crippen molar-refractivity contribution in [2.24, 2.45) is 0 Å². The van der Waals surface area contributed by atoms with Crippen LogP contribution < -0.4 is 10.1 Å². The lowest BCUT2D eigenvalue weighted by Gasteiger charge is -2.15. The zero-order valence-corrected chi connectivity index (χ0v) is 12.4. The summed E-state index contributed by atoms with van der Waals surface area (Å²) in [6.07, 6.45) is 0. The van der Waals surface area contributed by atoms with Crippen LogP contribution in [0.4, 0.5) is 10.1 Å². The van der Waals surface area contributed by atoms with E-state index in [9.17, 15) is 9.65 Å². The molecule has 0 aliphatic carbocycles. The number of hydrogen-bond acceptors (Lipinski definition) is 3. The van der Waals surface area contributed by atoms with E-state index >= 15 is 0 Å². The third-order valence-corrected chi connectivity index (χ3v) is 3.29. The van der Waals surface area contributed by atoms with Crippen LogP contribution in [-0.2, 0) is 0 Å². The molecular formula is C16H14ClFN2O. The maximum Gasteiger partial charge on any atom is 0.140 e. The molecule has 2 aromatic carbocycles. The minimum atomic E-state index is -0.630. The molecule has 1 atom stereocenters. The number of nitrogens with one attached hydrogen (secondary N) is 1. The van der Waals surface area contributed by atoms with Crippen LogP contribution in [-0.4, -0.2) is 7.11 Å². The summed E-state index contributed by atoms with van der Waals surface area (Å²) in [5.74, 6) is 0.195. The van der Waals surface area contributed by atoms with Crippen molar-refractivity contribution in [3.63, 3.8) is 0 Å². The fraction of sp³-hybridized carbons (Fsp3) is 0.188. The molecule has 21 heavy (non-hydrogen) atoms. The Bertz CT molecular complexity index is 677. The van der Waals surface area contributed by atoms with Crippen LogP contribution in [0.25, 0.3) is 0 Å². The first-order chi connectivity index (χ1) is 10.0. The predicted molar refractivity (Wildman–Crippen MR) is 81.1 cm³/mol. The monoisotopic (exact) mass is 304 g/mol. The first-order valence-electron chi connectivity index (χ1n) is 6.30. The van der Waals surface area contributed by atoms with E-state index < -0.39 is 6.04 Å².